The van der Waals surface area contributed by atoms with Crippen LogP contribution in [0.3, 0.4) is 0 Å². The molecule has 1 fully saturated rings. The molecular formula is C15H14Cl2N2O3S2. The monoisotopic (exact) mass is 404 g/mol. The average Bonchev–Trinajstić information content (AvgIpc) is 3.16. The Labute approximate surface area is 153 Å². The molecule has 0 N–H and O–H groups in total. The summed E-state index contributed by atoms with van der Waals surface area (Å²) < 4.78 is 25.4. The molecule has 0 spiro atoms. The van der Waals surface area contributed by atoms with Crippen LogP contribution in [0.25, 0.3) is 6.08 Å². The van der Waals surface area contributed by atoms with Gasteiger partial charge < -0.3 is 0 Å². The minimum Gasteiger partial charge on any atom is -0.288 e. The number of rotatable bonds is 4. The Kier molecular flexibility index (Phi) is 4.88. The molecule has 1 aliphatic rings. The smallest absolute Gasteiger partial charge is 0.195 e. The van der Waals surface area contributed by atoms with Gasteiger partial charge in [-0.2, -0.15) is 5.10 Å². The van der Waals surface area contributed by atoms with Crippen molar-refractivity contribution in [2.45, 2.75) is 19.4 Å². The Morgan fingerprint density at radius 1 is 1.42 bits per heavy atom. The van der Waals surface area contributed by atoms with Crippen molar-refractivity contribution in [3.8, 4) is 0 Å². The Morgan fingerprint density at radius 2 is 2.17 bits per heavy atom. The van der Waals surface area contributed by atoms with Crippen molar-refractivity contribution in [2.24, 2.45) is 0 Å². The number of hydrogen-bond donors (Lipinski definition) is 0. The standard InChI is InChI=1S/C15H14Cl2N2O3S2/c1-9-11(2-3-12(20)13-4-5-14(16)23-13)15(17)19(18-9)10-6-7-24(21,22)8-10/h2-5,10H,6-8H2,1H3/b3-2+/t10-/m0/s1. The van der Waals surface area contributed by atoms with Crippen LogP contribution in [0.4, 0.5) is 0 Å². The van der Waals surface area contributed by atoms with Gasteiger partial charge in [-0.05, 0) is 37.6 Å². The molecule has 0 aliphatic carbocycles. The van der Waals surface area contributed by atoms with Gasteiger partial charge in [0.25, 0.3) is 0 Å². The molecule has 9 heteroatoms. The number of nitrogens with zero attached hydrogens (tertiary/aromatic N) is 2. The third-order valence-corrected chi connectivity index (χ3v) is 7.22. The molecule has 5 nitrogen and oxygen atoms in total. The van der Waals surface area contributed by atoms with Gasteiger partial charge in [-0.3, -0.25) is 4.79 Å². The highest BCUT2D eigenvalue weighted by atomic mass is 35.5. The Bertz CT molecular complexity index is 929. The largest absolute Gasteiger partial charge is 0.288 e. The maximum atomic E-state index is 12.1. The van der Waals surface area contributed by atoms with Gasteiger partial charge in [0.05, 0.1) is 32.5 Å². The van der Waals surface area contributed by atoms with E-state index >= 15 is 0 Å². The summed E-state index contributed by atoms with van der Waals surface area (Å²) in [5.74, 6) is 0.0258. The van der Waals surface area contributed by atoms with Crippen molar-refractivity contribution in [1.29, 1.82) is 0 Å². The average molecular weight is 405 g/mol. The summed E-state index contributed by atoms with van der Waals surface area (Å²) in [6.45, 7) is 1.78. The van der Waals surface area contributed by atoms with Crippen molar-refractivity contribution in [2.75, 3.05) is 11.5 Å². The van der Waals surface area contributed by atoms with E-state index in [2.05, 4.69) is 5.10 Å². The van der Waals surface area contributed by atoms with Gasteiger partial charge >= 0.3 is 0 Å². The predicted octanol–water partition coefficient (Wildman–Crippen LogP) is 3.82. The van der Waals surface area contributed by atoms with Gasteiger partial charge in [0.15, 0.2) is 15.6 Å². The SMILES string of the molecule is Cc1nn([C@H]2CCS(=O)(=O)C2)c(Cl)c1/C=C/C(=O)c1ccc(Cl)s1. The van der Waals surface area contributed by atoms with Gasteiger partial charge in [0, 0.05) is 5.56 Å². The zero-order valence-corrected chi connectivity index (χ0v) is 15.8. The molecule has 0 saturated carbocycles. The lowest BCUT2D eigenvalue weighted by molar-refractivity contribution is 0.105. The molecule has 0 bridgehead atoms. The van der Waals surface area contributed by atoms with E-state index in [0.717, 1.165) is 0 Å². The molecule has 0 unspecified atom stereocenters. The Balaban J connectivity index is 1.84. The quantitative estimate of drug-likeness (QED) is 0.573. The normalized spacial score (nSPS) is 20.0. The number of carbonyl (C=O) groups is 1. The Hall–Kier alpha value is -1.15. The lowest BCUT2D eigenvalue weighted by Gasteiger charge is -2.09. The number of sulfone groups is 1. The molecule has 3 heterocycles. The molecule has 128 valence electrons. The molecule has 0 aromatic carbocycles. The van der Waals surface area contributed by atoms with E-state index in [-0.39, 0.29) is 23.3 Å². The second kappa shape index (κ2) is 6.63. The first-order valence-corrected chi connectivity index (χ1v) is 10.6. The topological polar surface area (TPSA) is 69.0 Å². The molecule has 0 amide bonds. The van der Waals surface area contributed by atoms with Crippen LogP contribution in [0.1, 0.15) is 33.4 Å². The van der Waals surface area contributed by atoms with E-state index in [1.165, 1.54) is 17.4 Å². The van der Waals surface area contributed by atoms with Gasteiger partial charge in [-0.15, -0.1) is 11.3 Å². The molecule has 1 aliphatic heterocycles. The van der Waals surface area contributed by atoms with Gasteiger partial charge in [0.1, 0.15) is 5.15 Å². The first-order chi connectivity index (χ1) is 11.3. The highest BCUT2D eigenvalue weighted by Gasteiger charge is 2.31. The van der Waals surface area contributed by atoms with Crippen LogP contribution in [-0.4, -0.2) is 35.5 Å². The van der Waals surface area contributed by atoms with E-state index in [1.54, 1.807) is 29.8 Å². The first-order valence-electron chi connectivity index (χ1n) is 7.19. The number of halogens is 2. The molecule has 1 atom stereocenters. The van der Waals surface area contributed by atoms with Crippen molar-refractivity contribution in [3.63, 3.8) is 0 Å². The summed E-state index contributed by atoms with van der Waals surface area (Å²) in [7, 11) is -3.03. The van der Waals surface area contributed by atoms with Gasteiger partial charge in [-0.1, -0.05) is 23.2 Å². The van der Waals surface area contributed by atoms with Crippen molar-refractivity contribution in [1.82, 2.24) is 9.78 Å². The van der Waals surface area contributed by atoms with Gasteiger partial charge in [0.2, 0.25) is 0 Å². The second-order valence-electron chi connectivity index (χ2n) is 5.59. The molecule has 2 aromatic heterocycles. The summed E-state index contributed by atoms with van der Waals surface area (Å²) >= 11 is 13.4. The van der Waals surface area contributed by atoms with Crippen LogP contribution >= 0.6 is 34.5 Å². The molecular weight excluding hydrogens is 391 g/mol. The van der Waals surface area contributed by atoms with Crippen LogP contribution in [0.2, 0.25) is 9.49 Å². The third kappa shape index (κ3) is 3.59. The lowest BCUT2D eigenvalue weighted by atomic mass is 10.2. The van der Waals surface area contributed by atoms with Crippen LogP contribution in [0, 0.1) is 6.92 Å². The number of aryl methyl sites for hydroxylation is 1. The van der Waals surface area contributed by atoms with E-state index in [4.69, 9.17) is 23.2 Å². The highest BCUT2D eigenvalue weighted by molar-refractivity contribution is 7.91. The number of allylic oxidation sites excluding steroid dienone is 1. The fourth-order valence-electron chi connectivity index (χ4n) is 2.62. The molecule has 1 saturated heterocycles. The van der Waals surface area contributed by atoms with Crippen LogP contribution in [0.15, 0.2) is 18.2 Å². The minimum atomic E-state index is -3.03. The minimum absolute atomic E-state index is 0.0453. The molecule has 2 aromatic rings. The van der Waals surface area contributed by atoms with E-state index in [1.807, 2.05) is 0 Å². The fourth-order valence-corrected chi connectivity index (χ4v) is 5.65. The predicted molar refractivity (Wildman–Crippen MR) is 97.0 cm³/mol. The van der Waals surface area contributed by atoms with Crippen molar-refractivity contribution < 1.29 is 13.2 Å². The van der Waals surface area contributed by atoms with E-state index in [0.29, 0.717) is 32.0 Å². The molecule has 3 rings (SSSR count). The number of thiophene rings is 1. The summed E-state index contributed by atoms with van der Waals surface area (Å²) in [6, 6.07) is 3.08. The summed E-state index contributed by atoms with van der Waals surface area (Å²) in [4.78, 5) is 12.7. The molecule has 0 radical (unpaired) electrons. The Morgan fingerprint density at radius 3 is 2.75 bits per heavy atom. The fraction of sp³-hybridized carbons (Fsp3) is 0.333. The number of ketones is 1. The van der Waals surface area contributed by atoms with Crippen molar-refractivity contribution in [3.05, 3.63) is 43.8 Å². The zero-order valence-electron chi connectivity index (χ0n) is 12.7. The second-order valence-corrected chi connectivity index (χ2v) is 9.89. The summed E-state index contributed by atoms with van der Waals surface area (Å²) in [5.41, 5.74) is 1.27. The van der Waals surface area contributed by atoms with Gasteiger partial charge in [-0.25, -0.2) is 13.1 Å². The van der Waals surface area contributed by atoms with E-state index < -0.39 is 9.84 Å². The lowest BCUT2D eigenvalue weighted by Crippen LogP contribution is -2.12. The number of hydrogen-bond acceptors (Lipinski definition) is 5. The van der Waals surface area contributed by atoms with Crippen LogP contribution in [-0.2, 0) is 9.84 Å². The summed E-state index contributed by atoms with van der Waals surface area (Å²) in [6.07, 6.45) is 3.54. The molecule has 24 heavy (non-hydrogen) atoms. The van der Waals surface area contributed by atoms with E-state index in [9.17, 15) is 13.2 Å². The maximum Gasteiger partial charge on any atom is 0.195 e. The van der Waals surface area contributed by atoms with Crippen LogP contribution < -0.4 is 0 Å². The van der Waals surface area contributed by atoms with Crippen molar-refractivity contribution >= 4 is 56.2 Å². The van der Waals surface area contributed by atoms with Crippen LogP contribution in [0.5, 0.6) is 0 Å². The third-order valence-electron chi connectivity index (χ3n) is 3.84. The highest BCUT2D eigenvalue weighted by Crippen LogP contribution is 2.30. The zero-order chi connectivity index (χ0) is 17.5. The number of carbonyl (C=O) groups excluding carboxylic acids is 1. The maximum absolute atomic E-state index is 12.1. The summed E-state index contributed by atoms with van der Waals surface area (Å²) in [5, 5.41) is 4.70. The first kappa shape index (κ1) is 17.7. The number of aromatic nitrogens is 2.